The van der Waals surface area contributed by atoms with Gasteiger partial charge in [0.2, 0.25) is 5.75 Å². The van der Waals surface area contributed by atoms with Crippen molar-refractivity contribution in [2.75, 3.05) is 28.4 Å². The third-order valence-electron chi connectivity index (χ3n) is 4.42. The number of hydrogen-bond donors (Lipinski definition) is 1. The van der Waals surface area contributed by atoms with Gasteiger partial charge in [0, 0.05) is 11.1 Å². The molecule has 0 saturated heterocycles. The average Bonchev–Trinajstić information content (AvgIpc) is 3.21. The first-order chi connectivity index (χ1) is 13.2. The first-order valence-corrected chi connectivity index (χ1v) is 8.55. The summed E-state index contributed by atoms with van der Waals surface area (Å²) >= 11 is 0. The van der Waals surface area contributed by atoms with E-state index >= 15 is 0 Å². The van der Waals surface area contributed by atoms with Crippen molar-refractivity contribution in [3.63, 3.8) is 0 Å². The van der Waals surface area contributed by atoms with Crippen LogP contribution in [0.4, 0.5) is 0 Å². The van der Waals surface area contributed by atoms with Gasteiger partial charge >= 0.3 is 0 Å². The zero-order chi connectivity index (χ0) is 19.4. The SMILES string of the molecule is CCc1cc(-c2n[nH]nc2-c2cc(OC)c(OC)c(OC)c2)ccc1OC. The standard InChI is InChI=1S/C20H23N3O4/c1-6-12-9-13(7-8-15(12)24-2)18-19(22-23-21-18)14-10-16(25-3)20(27-5)17(11-14)26-4/h7-11H,6H2,1-5H3,(H,21,22,23). The Morgan fingerprint density at radius 2 is 1.33 bits per heavy atom. The Morgan fingerprint density at radius 3 is 1.85 bits per heavy atom. The number of rotatable bonds is 7. The maximum atomic E-state index is 5.45. The van der Waals surface area contributed by atoms with Gasteiger partial charge in [0.25, 0.3) is 0 Å². The molecule has 1 aromatic heterocycles. The molecule has 0 saturated carbocycles. The van der Waals surface area contributed by atoms with E-state index < -0.39 is 0 Å². The highest BCUT2D eigenvalue weighted by Gasteiger charge is 2.19. The third kappa shape index (κ3) is 3.40. The smallest absolute Gasteiger partial charge is 0.203 e. The van der Waals surface area contributed by atoms with Gasteiger partial charge in [0.15, 0.2) is 11.5 Å². The van der Waals surface area contributed by atoms with Crippen LogP contribution < -0.4 is 18.9 Å². The summed E-state index contributed by atoms with van der Waals surface area (Å²) in [4.78, 5) is 0. The number of hydrogen-bond acceptors (Lipinski definition) is 6. The molecule has 3 rings (SSSR count). The number of nitrogens with zero attached hydrogens (tertiary/aromatic N) is 2. The minimum absolute atomic E-state index is 0.534. The van der Waals surface area contributed by atoms with Crippen molar-refractivity contribution in [2.45, 2.75) is 13.3 Å². The van der Waals surface area contributed by atoms with Crippen molar-refractivity contribution >= 4 is 0 Å². The van der Waals surface area contributed by atoms with Gasteiger partial charge < -0.3 is 18.9 Å². The lowest BCUT2D eigenvalue weighted by Gasteiger charge is -2.14. The molecule has 0 unspecified atom stereocenters. The Bertz CT molecular complexity index is 912. The van der Waals surface area contributed by atoms with Gasteiger partial charge in [-0.25, -0.2) is 0 Å². The molecule has 142 valence electrons. The predicted molar refractivity (Wildman–Crippen MR) is 103 cm³/mol. The first kappa shape index (κ1) is 18.6. The van der Waals surface area contributed by atoms with Crippen molar-refractivity contribution in [1.82, 2.24) is 15.4 Å². The van der Waals surface area contributed by atoms with Crippen LogP contribution in [-0.4, -0.2) is 43.8 Å². The lowest BCUT2D eigenvalue weighted by Crippen LogP contribution is -1.96. The second-order valence-corrected chi connectivity index (χ2v) is 5.82. The molecule has 0 fully saturated rings. The van der Waals surface area contributed by atoms with E-state index in [0.29, 0.717) is 22.9 Å². The van der Waals surface area contributed by atoms with Crippen molar-refractivity contribution in [3.05, 3.63) is 35.9 Å². The zero-order valence-corrected chi connectivity index (χ0v) is 16.1. The van der Waals surface area contributed by atoms with E-state index in [4.69, 9.17) is 18.9 Å². The molecule has 2 aromatic carbocycles. The molecule has 0 bridgehead atoms. The van der Waals surface area contributed by atoms with Crippen LogP contribution in [0.1, 0.15) is 12.5 Å². The molecule has 0 aliphatic carbocycles. The number of aromatic amines is 1. The molecule has 7 nitrogen and oxygen atoms in total. The molecule has 27 heavy (non-hydrogen) atoms. The fourth-order valence-corrected chi connectivity index (χ4v) is 3.05. The number of methoxy groups -OCH3 is 4. The quantitative estimate of drug-likeness (QED) is 0.684. The van der Waals surface area contributed by atoms with Crippen LogP contribution in [0.3, 0.4) is 0 Å². The zero-order valence-electron chi connectivity index (χ0n) is 16.1. The molecular formula is C20H23N3O4. The minimum Gasteiger partial charge on any atom is -0.496 e. The van der Waals surface area contributed by atoms with Crippen LogP contribution >= 0.6 is 0 Å². The number of benzene rings is 2. The summed E-state index contributed by atoms with van der Waals surface area (Å²) in [7, 11) is 6.42. The summed E-state index contributed by atoms with van der Waals surface area (Å²) in [6, 6.07) is 9.69. The van der Waals surface area contributed by atoms with Crippen molar-refractivity contribution in [1.29, 1.82) is 0 Å². The van der Waals surface area contributed by atoms with Crippen molar-refractivity contribution < 1.29 is 18.9 Å². The second-order valence-electron chi connectivity index (χ2n) is 5.82. The summed E-state index contributed by atoms with van der Waals surface area (Å²) in [5.74, 6) is 2.51. The van der Waals surface area contributed by atoms with Gasteiger partial charge in [-0.05, 0) is 42.3 Å². The van der Waals surface area contributed by atoms with Crippen molar-refractivity contribution in [3.8, 4) is 45.5 Å². The van der Waals surface area contributed by atoms with Crippen LogP contribution in [0.15, 0.2) is 30.3 Å². The number of H-pyrrole nitrogens is 1. The maximum Gasteiger partial charge on any atom is 0.203 e. The normalized spacial score (nSPS) is 10.6. The molecule has 1 heterocycles. The molecular weight excluding hydrogens is 346 g/mol. The second kappa shape index (κ2) is 7.99. The summed E-state index contributed by atoms with van der Waals surface area (Å²) < 4.78 is 21.7. The number of nitrogens with one attached hydrogen (secondary N) is 1. The molecule has 0 aliphatic heterocycles. The van der Waals surface area contributed by atoms with E-state index in [9.17, 15) is 0 Å². The lowest BCUT2D eigenvalue weighted by atomic mass is 10.0. The van der Waals surface area contributed by atoms with Crippen LogP contribution in [0.25, 0.3) is 22.5 Å². The maximum absolute atomic E-state index is 5.45. The van der Waals surface area contributed by atoms with Gasteiger partial charge in [-0.3, -0.25) is 0 Å². The molecule has 0 spiro atoms. The van der Waals surface area contributed by atoms with Crippen LogP contribution in [0.2, 0.25) is 0 Å². The van der Waals surface area contributed by atoms with E-state index in [1.165, 1.54) is 0 Å². The van der Waals surface area contributed by atoms with Gasteiger partial charge in [-0.2, -0.15) is 15.4 Å². The Kier molecular flexibility index (Phi) is 5.49. The number of ether oxygens (including phenoxy) is 4. The average molecular weight is 369 g/mol. The fourth-order valence-electron chi connectivity index (χ4n) is 3.05. The Hall–Kier alpha value is -3.22. The number of aromatic nitrogens is 3. The van der Waals surface area contributed by atoms with Gasteiger partial charge in [-0.15, -0.1) is 0 Å². The largest absolute Gasteiger partial charge is 0.496 e. The molecule has 3 aromatic rings. The summed E-state index contributed by atoms with van der Waals surface area (Å²) in [6.45, 7) is 2.09. The van der Waals surface area contributed by atoms with Gasteiger partial charge in [0.05, 0.1) is 28.4 Å². The molecule has 0 amide bonds. The molecule has 0 aliphatic rings. The van der Waals surface area contributed by atoms with Crippen LogP contribution in [0, 0.1) is 0 Å². The highest BCUT2D eigenvalue weighted by atomic mass is 16.5. The third-order valence-corrected chi connectivity index (χ3v) is 4.42. The van der Waals surface area contributed by atoms with E-state index in [0.717, 1.165) is 34.6 Å². The van der Waals surface area contributed by atoms with E-state index in [1.54, 1.807) is 28.4 Å². The van der Waals surface area contributed by atoms with Crippen LogP contribution in [-0.2, 0) is 6.42 Å². The van der Waals surface area contributed by atoms with E-state index in [2.05, 4.69) is 28.4 Å². The highest BCUT2D eigenvalue weighted by Crippen LogP contribution is 2.42. The summed E-state index contributed by atoms with van der Waals surface area (Å²) in [6.07, 6.45) is 0.856. The van der Waals surface area contributed by atoms with E-state index in [1.807, 2.05) is 24.3 Å². The molecule has 0 atom stereocenters. The van der Waals surface area contributed by atoms with Crippen LogP contribution in [0.5, 0.6) is 23.0 Å². The minimum atomic E-state index is 0.534. The monoisotopic (exact) mass is 369 g/mol. The Balaban J connectivity index is 2.13. The Morgan fingerprint density at radius 1 is 0.741 bits per heavy atom. The fraction of sp³-hybridized carbons (Fsp3) is 0.300. The molecule has 0 radical (unpaired) electrons. The van der Waals surface area contributed by atoms with E-state index in [-0.39, 0.29) is 0 Å². The molecule has 1 N–H and O–H groups in total. The van der Waals surface area contributed by atoms with Gasteiger partial charge in [-0.1, -0.05) is 6.92 Å². The lowest BCUT2D eigenvalue weighted by molar-refractivity contribution is 0.324. The Labute approximate surface area is 158 Å². The first-order valence-electron chi connectivity index (χ1n) is 8.55. The summed E-state index contributed by atoms with van der Waals surface area (Å²) in [5.41, 5.74) is 4.30. The van der Waals surface area contributed by atoms with Crippen molar-refractivity contribution in [2.24, 2.45) is 0 Å². The molecule has 7 heteroatoms. The van der Waals surface area contributed by atoms with Gasteiger partial charge in [0.1, 0.15) is 17.1 Å². The predicted octanol–water partition coefficient (Wildman–Crippen LogP) is 3.74. The topological polar surface area (TPSA) is 78.5 Å². The summed E-state index contributed by atoms with van der Waals surface area (Å²) in [5, 5.41) is 11.4. The highest BCUT2D eigenvalue weighted by molar-refractivity contribution is 5.80. The number of aryl methyl sites for hydroxylation is 1.